The molecule has 2 rings (SSSR count). The van der Waals surface area contributed by atoms with Gasteiger partial charge in [0.15, 0.2) is 0 Å². The highest BCUT2D eigenvalue weighted by Gasteiger charge is 2.12. The van der Waals surface area contributed by atoms with Crippen molar-refractivity contribution in [3.63, 3.8) is 0 Å². The lowest BCUT2D eigenvalue weighted by atomic mass is 10.0. The molecule has 0 aliphatic rings. The number of nitrogens with one attached hydrogen (secondary N) is 2. The molecule has 0 fully saturated rings. The third-order valence-electron chi connectivity index (χ3n) is 3.20. The van der Waals surface area contributed by atoms with E-state index in [9.17, 15) is 0 Å². The first-order chi connectivity index (χ1) is 9.59. The lowest BCUT2D eigenvalue weighted by Crippen LogP contribution is -2.15. The molecule has 5 nitrogen and oxygen atoms in total. The van der Waals surface area contributed by atoms with Gasteiger partial charge in [0.1, 0.15) is 18.0 Å². The van der Waals surface area contributed by atoms with Gasteiger partial charge in [-0.1, -0.05) is 37.3 Å². The number of nitrogens with two attached hydrogens (primary N) is 1. The van der Waals surface area contributed by atoms with Gasteiger partial charge < -0.3 is 16.5 Å². The summed E-state index contributed by atoms with van der Waals surface area (Å²) in [5.41, 5.74) is 8.00. The number of rotatable bonds is 5. The molecule has 0 aliphatic carbocycles. The summed E-state index contributed by atoms with van der Waals surface area (Å²) in [6, 6.07) is 10.3. The van der Waals surface area contributed by atoms with Gasteiger partial charge in [-0.2, -0.15) is 0 Å². The minimum absolute atomic E-state index is 0.336. The predicted octanol–water partition coefficient (Wildman–Crippen LogP) is 2.66. The van der Waals surface area contributed by atoms with Crippen molar-refractivity contribution in [2.45, 2.75) is 19.8 Å². The van der Waals surface area contributed by atoms with Crippen molar-refractivity contribution in [1.29, 1.82) is 5.41 Å². The maximum Gasteiger partial charge on any atom is 0.140 e. The second kappa shape index (κ2) is 6.14. The zero-order valence-electron chi connectivity index (χ0n) is 11.7. The van der Waals surface area contributed by atoms with Gasteiger partial charge in [-0.15, -0.1) is 0 Å². The molecule has 2 aromatic rings. The van der Waals surface area contributed by atoms with E-state index in [1.54, 1.807) is 6.92 Å². The van der Waals surface area contributed by atoms with E-state index in [2.05, 4.69) is 34.3 Å². The molecule has 0 amide bonds. The summed E-state index contributed by atoms with van der Waals surface area (Å²) in [5.74, 6) is 1.29. The standard InChI is InChI=1S/C15H19N5/c1-10(12-6-4-3-5-7-12)8-18-15-13(11(2)16)14(17)19-9-20-15/h3-7,9-10,16H,8H2,1-2H3,(H3,17,18,19,20). The Morgan fingerprint density at radius 2 is 2.00 bits per heavy atom. The first-order valence-corrected chi connectivity index (χ1v) is 6.54. The maximum absolute atomic E-state index is 7.77. The zero-order valence-corrected chi connectivity index (χ0v) is 11.7. The summed E-state index contributed by atoms with van der Waals surface area (Å²) in [6.07, 6.45) is 1.41. The Hall–Kier alpha value is -2.43. The fourth-order valence-electron chi connectivity index (χ4n) is 2.05. The Morgan fingerprint density at radius 1 is 1.30 bits per heavy atom. The van der Waals surface area contributed by atoms with Crippen molar-refractivity contribution in [2.75, 3.05) is 17.6 Å². The minimum Gasteiger partial charge on any atom is -0.383 e. The van der Waals surface area contributed by atoms with Gasteiger partial charge in [0.2, 0.25) is 0 Å². The Kier molecular flexibility index (Phi) is 4.30. The molecule has 5 heteroatoms. The van der Waals surface area contributed by atoms with E-state index in [4.69, 9.17) is 11.1 Å². The highest BCUT2D eigenvalue weighted by molar-refractivity contribution is 6.04. The summed E-state index contributed by atoms with van der Waals surface area (Å²) in [7, 11) is 0. The summed E-state index contributed by atoms with van der Waals surface area (Å²) >= 11 is 0. The van der Waals surface area contributed by atoms with Crippen LogP contribution in [0.3, 0.4) is 0 Å². The van der Waals surface area contributed by atoms with E-state index in [1.807, 2.05) is 18.2 Å². The molecule has 1 aromatic carbocycles. The second-order valence-corrected chi connectivity index (χ2v) is 4.80. The van der Waals surface area contributed by atoms with Crippen LogP contribution in [0.5, 0.6) is 0 Å². The first kappa shape index (κ1) is 14.0. The van der Waals surface area contributed by atoms with Gasteiger partial charge in [-0.3, -0.25) is 0 Å². The van der Waals surface area contributed by atoms with Crippen LogP contribution in [-0.2, 0) is 0 Å². The van der Waals surface area contributed by atoms with E-state index >= 15 is 0 Å². The fourth-order valence-corrected chi connectivity index (χ4v) is 2.05. The van der Waals surface area contributed by atoms with Crippen LogP contribution in [0.2, 0.25) is 0 Å². The maximum atomic E-state index is 7.77. The van der Waals surface area contributed by atoms with Crippen LogP contribution < -0.4 is 11.1 Å². The number of hydrogen-bond acceptors (Lipinski definition) is 5. The molecule has 104 valence electrons. The lowest BCUT2D eigenvalue weighted by molar-refractivity contribution is 0.800. The van der Waals surface area contributed by atoms with Crippen molar-refractivity contribution in [2.24, 2.45) is 0 Å². The van der Waals surface area contributed by atoms with Crippen molar-refractivity contribution < 1.29 is 0 Å². The molecule has 0 spiro atoms. The lowest BCUT2D eigenvalue weighted by Gasteiger charge is -2.16. The van der Waals surface area contributed by atoms with Crippen LogP contribution in [0.25, 0.3) is 0 Å². The van der Waals surface area contributed by atoms with Crippen LogP contribution in [-0.4, -0.2) is 22.2 Å². The molecule has 0 radical (unpaired) electrons. The quantitative estimate of drug-likeness (QED) is 0.728. The molecular weight excluding hydrogens is 250 g/mol. The van der Waals surface area contributed by atoms with Gasteiger partial charge in [-0.05, 0) is 18.4 Å². The van der Waals surface area contributed by atoms with E-state index in [0.29, 0.717) is 28.8 Å². The van der Waals surface area contributed by atoms with E-state index in [0.717, 1.165) is 6.54 Å². The smallest absolute Gasteiger partial charge is 0.140 e. The third kappa shape index (κ3) is 3.12. The zero-order chi connectivity index (χ0) is 14.5. The van der Waals surface area contributed by atoms with Gasteiger partial charge in [0.25, 0.3) is 0 Å². The summed E-state index contributed by atoms with van der Waals surface area (Å²) in [6.45, 7) is 4.55. The van der Waals surface area contributed by atoms with Crippen LogP contribution in [0, 0.1) is 5.41 Å². The van der Waals surface area contributed by atoms with E-state index in [1.165, 1.54) is 11.9 Å². The van der Waals surface area contributed by atoms with Crippen LogP contribution in [0.1, 0.15) is 30.9 Å². The summed E-state index contributed by atoms with van der Waals surface area (Å²) in [5, 5.41) is 11.0. The molecule has 0 bridgehead atoms. The van der Waals surface area contributed by atoms with Crippen LogP contribution in [0.15, 0.2) is 36.7 Å². The average molecular weight is 269 g/mol. The number of nitrogens with zero attached hydrogens (tertiary/aromatic N) is 2. The fraction of sp³-hybridized carbons (Fsp3) is 0.267. The monoisotopic (exact) mass is 269 g/mol. The molecular formula is C15H19N5. The highest BCUT2D eigenvalue weighted by Crippen LogP contribution is 2.20. The summed E-state index contributed by atoms with van der Waals surface area (Å²) < 4.78 is 0. The molecule has 1 aromatic heterocycles. The Morgan fingerprint density at radius 3 is 2.65 bits per heavy atom. The molecule has 1 atom stereocenters. The van der Waals surface area contributed by atoms with Gasteiger partial charge in [-0.25, -0.2) is 9.97 Å². The van der Waals surface area contributed by atoms with Gasteiger partial charge >= 0.3 is 0 Å². The Balaban J connectivity index is 2.12. The largest absolute Gasteiger partial charge is 0.383 e. The molecule has 4 N–H and O–H groups in total. The molecule has 1 heterocycles. The highest BCUT2D eigenvalue weighted by atomic mass is 15.0. The number of benzene rings is 1. The van der Waals surface area contributed by atoms with Gasteiger partial charge in [0.05, 0.1) is 5.56 Å². The van der Waals surface area contributed by atoms with E-state index in [-0.39, 0.29) is 0 Å². The topological polar surface area (TPSA) is 87.7 Å². The number of anilines is 2. The third-order valence-corrected chi connectivity index (χ3v) is 3.20. The van der Waals surface area contributed by atoms with Crippen LogP contribution >= 0.6 is 0 Å². The van der Waals surface area contributed by atoms with Crippen molar-refractivity contribution in [1.82, 2.24) is 9.97 Å². The number of nitrogen functional groups attached to an aromatic ring is 1. The van der Waals surface area contributed by atoms with Crippen molar-refractivity contribution in [3.8, 4) is 0 Å². The van der Waals surface area contributed by atoms with E-state index < -0.39 is 0 Å². The van der Waals surface area contributed by atoms with Crippen LogP contribution in [0.4, 0.5) is 11.6 Å². The normalized spacial score (nSPS) is 11.9. The first-order valence-electron chi connectivity index (χ1n) is 6.54. The number of hydrogen-bond donors (Lipinski definition) is 3. The van der Waals surface area contributed by atoms with Crippen molar-refractivity contribution >= 4 is 17.3 Å². The van der Waals surface area contributed by atoms with Crippen molar-refractivity contribution in [3.05, 3.63) is 47.8 Å². The average Bonchev–Trinajstić information content (AvgIpc) is 2.45. The minimum atomic E-state index is 0.336. The summed E-state index contributed by atoms with van der Waals surface area (Å²) in [4.78, 5) is 8.12. The SMILES string of the molecule is CC(=N)c1c(N)ncnc1NCC(C)c1ccccc1. The number of aromatic nitrogens is 2. The molecule has 0 saturated carbocycles. The Labute approximate surface area is 118 Å². The van der Waals surface area contributed by atoms with Gasteiger partial charge in [0, 0.05) is 12.3 Å². The molecule has 0 aliphatic heterocycles. The second-order valence-electron chi connectivity index (χ2n) is 4.80. The predicted molar refractivity (Wildman–Crippen MR) is 82.3 cm³/mol. The molecule has 0 saturated heterocycles. The molecule has 1 unspecified atom stereocenters. The molecule has 20 heavy (non-hydrogen) atoms. The Bertz CT molecular complexity index is 594.